The van der Waals surface area contributed by atoms with E-state index >= 15 is 0 Å². The summed E-state index contributed by atoms with van der Waals surface area (Å²) >= 11 is 1.80. The molecule has 1 aromatic carbocycles. The number of carbonyl (C=O) groups is 1. The Morgan fingerprint density at radius 1 is 1.28 bits per heavy atom. The fourth-order valence-electron chi connectivity index (χ4n) is 2.97. The Morgan fingerprint density at radius 2 is 2.20 bits per heavy atom. The molecule has 0 bridgehead atoms. The number of hydrogen-bond acceptors (Lipinski definition) is 4. The molecule has 0 saturated heterocycles. The van der Waals surface area contributed by atoms with Gasteiger partial charge in [-0.2, -0.15) is 0 Å². The van der Waals surface area contributed by atoms with Gasteiger partial charge in [-0.05, 0) is 30.3 Å². The average molecular weight is 351 g/mol. The van der Waals surface area contributed by atoms with Gasteiger partial charge in [-0.15, -0.1) is 11.8 Å². The Hall–Kier alpha value is -2.73. The fraction of sp³-hybridized carbons (Fsp3) is 0.158. The Kier molecular flexibility index (Phi) is 4.19. The predicted octanol–water partition coefficient (Wildman–Crippen LogP) is 4.02. The quantitative estimate of drug-likeness (QED) is 0.771. The normalized spacial score (nSPS) is 12.7. The summed E-state index contributed by atoms with van der Waals surface area (Å²) in [5, 5.41) is 2.97. The van der Waals surface area contributed by atoms with Crippen molar-refractivity contribution in [2.75, 3.05) is 12.4 Å². The number of amides is 1. The Labute approximate surface area is 150 Å². The minimum absolute atomic E-state index is 0.102. The van der Waals surface area contributed by atoms with Crippen LogP contribution in [0.5, 0.6) is 5.75 Å². The third-order valence-corrected chi connectivity index (χ3v) is 5.12. The lowest BCUT2D eigenvalue weighted by Crippen LogP contribution is -2.13. The summed E-state index contributed by atoms with van der Waals surface area (Å²) < 4.78 is 7.41. The molecule has 0 atom stereocenters. The molecule has 3 heterocycles. The SMILES string of the molecule is COc1cccc(NC(=O)c2cc(-c3cccnc3)n3c2CSC3)c1. The Morgan fingerprint density at radius 3 is 3.00 bits per heavy atom. The first-order valence-corrected chi connectivity index (χ1v) is 9.07. The first-order valence-electron chi connectivity index (χ1n) is 7.92. The monoisotopic (exact) mass is 351 g/mol. The predicted molar refractivity (Wildman–Crippen MR) is 99.9 cm³/mol. The van der Waals surface area contributed by atoms with E-state index in [4.69, 9.17) is 4.74 Å². The van der Waals surface area contributed by atoms with E-state index in [1.165, 1.54) is 0 Å². The molecule has 3 aromatic rings. The Balaban J connectivity index is 1.67. The first-order chi connectivity index (χ1) is 12.3. The minimum atomic E-state index is -0.102. The molecular weight excluding hydrogens is 334 g/mol. The fourth-order valence-corrected chi connectivity index (χ4v) is 4.05. The maximum atomic E-state index is 12.8. The first kappa shape index (κ1) is 15.8. The number of hydrogen-bond donors (Lipinski definition) is 1. The van der Waals surface area contributed by atoms with Crippen LogP contribution >= 0.6 is 11.8 Å². The number of pyridine rings is 1. The molecular formula is C19H17N3O2S. The number of aromatic nitrogens is 2. The number of fused-ring (bicyclic) bond motifs is 1. The van der Waals surface area contributed by atoms with Gasteiger partial charge in [0, 0.05) is 41.2 Å². The average Bonchev–Trinajstić information content (AvgIpc) is 3.25. The smallest absolute Gasteiger partial charge is 0.257 e. The number of benzene rings is 1. The summed E-state index contributed by atoms with van der Waals surface area (Å²) in [6.07, 6.45) is 3.58. The van der Waals surface area contributed by atoms with Crippen molar-refractivity contribution in [2.24, 2.45) is 0 Å². The number of nitrogens with one attached hydrogen (secondary N) is 1. The van der Waals surface area contributed by atoms with Crippen LogP contribution in [-0.4, -0.2) is 22.6 Å². The van der Waals surface area contributed by atoms with Crippen LogP contribution in [0.3, 0.4) is 0 Å². The van der Waals surface area contributed by atoms with E-state index in [1.807, 2.05) is 48.7 Å². The standard InChI is InChI=1S/C19H17N3O2S/c1-24-15-6-2-5-14(8-15)21-19(23)16-9-17(13-4-3-7-20-10-13)22-12-25-11-18(16)22/h2-10H,11-12H2,1H3,(H,21,23). The largest absolute Gasteiger partial charge is 0.497 e. The molecule has 4 rings (SSSR count). The van der Waals surface area contributed by atoms with Crippen LogP contribution in [0.25, 0.3) is 11.3 Å². The van der Waals surface area contributed by atoms with E-state index in [9.17, 15) is 4.79 Å². The molecule has 1 N–H and O–H groups in total. The second kappa shape index (κ2) is 6.64. The van der Waals surface area contributed by atoms with Gasteiger partial charge in [0.15, 0.2) is 0 Å². The zero-order valence-electron chi connectivity index (χ0n) is 13.7. The van der Waals surface area contributed by atoms with E-state index in [-0.39, 0.29) is 5.91 Å². The number of thioether (sulfide) groups is 1. The van der Waals surface area contributed by atoms with Crippen LogP contribution in [0.15, 0.2) is 54.9 Å². The van der Waals surface area contributed by atoms with Gasteiger partial charge in [0.1, 0.15) is 5.75 Å². The number of carbonyl (C=O) groups excluding carboxylic acids is 1. The van der Waals surface area contributed by atoms with E-state index in [0.717, 1.165) is 34.3 Å². The number of rotatable bonds is 4. The molecule has 5 nitrogen and oxygen atoms in total. The molecule has 1 aliphatic heterocycles. The highest BCUT2D eigenvalue weighted by Crippen LogP contribution is 2.35. The van der Waals surface area contributed by atoms with Crippen molar-refractivity contribution in [3.05, 3.63) is 66.1 Å². The van der Waals surface area contributed by atoms with Crippen molar-refractivity contribution in [1.29, 1.82) is 0 Å². The number of anilines is 1. The maximum absolute atomic E-state index is 12.8. The van der Waals surface area contributed by atoms with Gasteiger partial charge in [0.05, 0.1) is 24.2 Å². The van der Waals surface area contributed by atoms with Crippen LogP contribution in [0.2, 0.25) is 0 Å². The topological polar surface area (TPSA) is 56.1 Å². The lowest BCUT2D eigenvalue weighted by atomic mass is 10.1. The minimum Gasteiger partial charge on any atom is -0.497 e. The summed E-state index contributed by atoms with van der Waals surface area (Å²) in [5.41, 5.74) is 4.55. The summed E-state index contributed by atoms with van der Waals surface area (Å²) in [4.78, 5) is 17.0. The highest BCUT2D eigenvalue weighted by molar-refractivity contribution is 7.97. The third kappa shape index (κ3) is 3.00. The lowest BCUT2D eigenvalue weighted by molar-refractivity contribution is 0.102. The van der Waals surface area contributed by atoms with Crippen LogP contribution in [-0.2, 0) is 11.6 Å². The molecule has 1 amide bonds. The second-order valence-electron chi connectivity index (χ2n) is 5.72. The lowest BCUT2D eigenvalue weighted by Gasteiger charge is -2.07. The third-order valence-electron chi connectivity index (χ3n) is 4.20. The van der Waals surface area contributed by atoms with Crippen molar-refractivity contribution in [3.63, 3.8) is 0 Å². The molecule has 0 fully saturated rings. The van der Waals surface area contributed by atoms with E-state index in [0.29, 0.717) is 11.3 Å². The molecule has 1 aliphatic rings. The van der Waals surface area contributed by atoms with Crippen molar-refractivity contribution in [1.82, 2.24) is 9.55 Å². The van der Waals surface area contributed by atoms with Crippen molar-refractivity contribution >= 4 is 23.4 Å². The summed E-state index contributed by atoms with van der Waals surface area (Å²) in [6, 6.07) is 13.3. The number of ether oxygens (including phenoxy) is 1. The molecule has 25 heavy (non-hydrogen) atoms. The van der Waals surface area contributed by atoms with Gasteiger partial charge in [-0.1, -0.05) is 6.07 Å². The van der Waals surface area contributed by atoms with Crippen molar-refractivity contribution in [2.45, 2.75) is 11.6 Å². The van der Waals surface area contributed by atoms with Gasteiger partial charge < -0.3 is 14.6 Å². The molecule has 0 radical (unpaired) electrons. The molecule has 0 aliphatic carbocycles. The number of methoxy groups -OCH3 is 1. The van der Waals surface area contributed by atoms with Crippen LogP contribution in [0, 0.1) is 0 Å². The van der Waals surface area contributed by atoms with Gasteiger partial charge >= 0.3 is 0 Å². The van der Waals surface area contributed by atoms with Crippen LogP contribution in [0.1, 0.15) is 16.1 Å². The molecule has 2 aromatic heterocycles. The van der Waals surface area contributed by atoms with Gasteiger partial charge in [0.2, 0.25) is 0 Å². The van der Waals surface area contributed by atoms with Gasteiger partial charge in [0.25, 0.3) is 5.91 Å². The summed E-state index contributed by atoms with van der Waals surface area (Å²) in [5.74, 6) is 2.30. The highest BCUT2D eigenvalue weighted by atomic mass is 32.2. The van der Waals surface area contributed by atoms with E-state index in [2.05, 4.69) is 14.9 Å². The zero-order valence-corrected chi connectivity index (χ0v) is 14.5. The van der Waals surface area contributed by atoms with E-state index < -0.39 is 0 Å². The van der Waals surface area contributed by atoms with E-state index in [1.54, 1.807) is 25.1 Å². The van der Waals surface area contributed by atoms with Gasteiger partial charge in [-0.3, -0.25) is 9.78 Å². The highest BCUT2D eigenvalue weighted by Gasteiger charge is 2.24. The maximum Gasteiger partial charge on any atom is 0.257 e. The molecule has 0 saturated carbocycles. The zero-order chi connectivity index (χ0) is 17.2. The Bertz CT molecular complexity index is 922. The van der Waals surface area contributed by atoms with Gasteiger partial charge in [-0.25, -0.2) is 0 Å². The summed E-state index contributed by atoms with van der Waals surface area (Å²) in [7, 11) is 1.61. The van der Waals surface area contributed by atoms with Crippen LogP contribution in [0.4, 0.5) is 5.69 Å². The number of nitrogens with zero attached hydrogens (tertiary/aromatic N) is 2. The van der Waals surface area contributed by atoms with Crippen LogP contribution < -0.4 is 10.1 Å². The molecule has 126 valence electrons. The van der Waals surface area contributed by atoms with Crippen molar-refractivity contribution < 1.29 is 9.53 Å². The summed E-state index contributed by atoms with van der Waals surface area (Å²) in [6.45, 7) is 0. The molecule has 6 heteroatoms. The second-order valence-corrected chi connectivity index (χ2v) is 6.68. The van der Waals surface area contributed by atoms with Crippen molar-refractivity contribution in [3.8, 4) is 17.0 Å². The molecule has 0 unspecified atom stereocenters. The molecule has 0 spiro atoms.